The number of sulfone groups is 1. The third-order valence-electron chi connectivity index (χ3n) is 5.19. The number of rotatable bonds is 4. The molecule has 0 spiro atoms. The number of carbonyl (C=O) groups excluding carboxylic acids is 1. The van der Waals surface area contributed by atoms with Gasteiger partial charge in [0.05, 0.1) is 4.90 Å². The summed E-state index contributed by atoms with van der Waals surface area (Å²) in [4.78, 5) is 13.5. The number of hydrogen-bond acceptors (Lipinski definition) is 3. The molecule has 0 N–H and O–H groups in total. The van der Waals surface area contributed by atoms with Crippen LogP contribution in [0.15, 0.2) is 59.5 Å². The Morgan fingerprint density at radius 3 is 2.04 bits per heavy atom. The van der Waals surface area contributed by atoms with Gasteiger partial charge in [0.1, 0.15) is 4.75 Å². The zero-order valence-electron chi connectivity index (χ0n) is 15.1. The molecule has 0 heterocycles. The monoisotopic (exact) mass is 356 g/mol. The van der Waals surface area contributed by atoms with E-state index >= 15 is 0 Å². The Hall–Kier alpha value is -1.94. The second kappa shape index (κ2) is 5.80. The lowest BCUT2D eigenvalue weighted by molar-refractivity contribution is 0.0962. The minimum absolute atomic E-state index is 0.195. The van der Waals surface area contributed by atoms with Gasteiger partial charge in [0, 0.05) is 5.56 Å². The molecule has 0 unspecified atom stereocenters. The molecule has 25 heavy (non-hydrogen) atoms. The Morgan fingerprint density at radius 2 is 1.56 bits per heavy atom. The fourth-order valence-corrected chi connectivity index (χ4v) is 6.07. The van der Waals surface area contributed by atoms with Crippen LogP contribution in [-0.2, 0) is 9.84 Å². The number of hydrogen-bond donors (Lipinski definition) is 0. The average Bonchev–Trinajstić information content (AvgIpc) is 3.33. The normalized spacial score (nSPS) is 23.3. The van der Waals surface area contributed by atoms with Crippen LogP contribution >= 0.6 is 0 Å². The second-order valence-corrected chi connectivity index (χ2v) is 10.2. The number of aryl methyl sites for hydroxylation is 1. The van der Waals surface area contributed by atoms with E-state index in [4.69, 9.17) is 0 Å². The SMILES string of the molecule is Cc1ccc(S(=O)(=O)[C@]2(C(=O)c3ccccc3)C[C@H]2C(C)(C)C)cc1. The van der Waals surface area contributed by atoms with Crippen molar-refractivity contribution in [2.45, 2.75) is 43.8 Å². The first-order valence-electron chi connectivity index (χ1n) is 8.52. The Bertz CT molecular complexity index is 890. The number of carbonyl (C=O) groups is 1. The van der Waals surface area contributed by atoms with E-state index in [9.17, 15) is 13.2 Å². The van der Waals surface area contributed by atoms with Crippen LogP contribution in [-0.4, -0.2) is 18.9 Å². The lowest BCUT2D eigenvalue weighted by atomic mass is 9.87. The molecule has 2 aromatic rings. The third-order valence-corrected chi connectivity index (χ3v) is 7.68. The third kappa shape index (κ3) is 2.82. The van der Waals surface area contributed by atoms with Gasteiger partial charge >= 0.3 is 0 Å². The summed E-state index contributed by atoms with van der Waals surface area (Å²) in [5, 5.41) is 0. The highest BCUT2D eigenvalue weighted by atomic mass is 32.2. The molecule has 1 aliphatic carbocycles. The summed E-state index contributed by atoms with van der Waals surface area (Å²) in [5.41, 5.74) is 1.19. The lowest BCUT2D eigenvalue weighted by Gasteiger charge is -2.24. The lowest BCUT2D eigenvalue weighted by Crippen LogP contribution is -2.38. The maximum atomic E-state index is 13.5. The molecule has 0 amide bonds. The highest BCUT2D eigenvalue weighted by Gasteiger charge is 2.71. The van der Waals surface area contributed by atoms with Gasteiger partial charge in [-0.3, -0.25) is 4.79 Å². The Kier molecular flexibility index (Phi) is 4.15. The summed E-state index contributed by atoms with van der Waals surface area (Å²) in [6, 6.07) is 15.6. The molecule has 2 atom stereocenters. The van der Waals surface area contributed by atoms with Crippen LogP contribution in [0.3, 0.4) is 0 Å². The zero-order chi connectivity index (χ0) is 18.5. The maximum absolute atomic E-state index is 13.5. The van der Waals surface area contributed by atoms with Crippen molar-refractivity contribution in [3.05, 3.63) is 65.7 Å². The van der Waals surface area contributed by atoms with Crippen LogP contribution in [0, 0.1) is 18.3 Å². The van der Waals surface area contributed by atoms with E-state index in [2.05, 4.69) is 0 Å². The Morgan fingerprint density at radius 1 is 1.00 bits per heavy atom. The molecule has 132 valence electrons. The van der Waals surface area contributed by atoms with E-state index in [-0.39, 0.29) is 22.0 Å². The molecule has 0 saturated heterocycles. The molecule has 1 saturated carbocycles. The molecule has 3 rings (SSSR count). The molecule has 1 aliphatic rings. The topological polar surface area (TPSA) is 51.2 Å². The predicted octanol–water partition coefficient (Wildman–Crippen LogP) is 4.46. The van der Waals surface area contributed by atoms with Gasteiger partial charge in [-0.1, -0.05) is 68.8 Å². The van der Waals surface area contributed by atoms with Crippen molar-refractivity contribution in [1.82, 2.24) is 0 Å². The van der Waals surface area contributed by atoms with Crippen molar-refractivity contribution in [2.24, 2.45) is 11.3 Å². The molecule has 0 radical (unpaired) electrons. The summed E-state index contributed by atoms with van der Waals surface area (Å²) in [5.74, 6) is -0.479. The van der Waals surface area contributed by atoms with Gasteiger partial charge in [0.25, 0.3) is 0 Å². The highest BCUT2D eigenvalue weighted by Crippen LogP contribution is 2.61. The number of benzene rings is 2. The van der Waals surface area contributed by atoms with E-state index in [1.165, 1.54) is 0 Å². The van der Waals surface area contributed by atoms with Crippen LogP contribution in [0.2, 0.25) is 0 Å². The summed E-state index contributed by atoms with van der Waals surface area (Å²) >= 11 is 0. The van der Waals surface area contributed by atoms with Crippen molar-refractivity contribution >= 4 is 15.6 Å². The van der Waals surface area contributed by atoms with E-state index < -0.39 is 14.6 Å². The van der Waals surface area contributed by atoms with E-state index in [0.29, 0.717) is 12.0 Å². The molecular weight excluding hydrogens is 332 g/mol. The highest BCUT2D eigenvalue weighted by molar-refractivity contribution is 7.94. The van der Waals surface area contributed by atoms with Crippen molar-refractivity contribution in [1.29, 1.82) is 0 Å². The molecular formula is C21H24O3S. The summed E-state index contributed by atoms with van der Waals surface area (Å²) in [6.45, 7) is 7.92. The first kappa shape index (κ1) is 17.9. The van der Waals surface area contributed by atoms with Gasteiger partial charge < -0.3 is 0 Å². The van der Waals surface area contributed by atoms with E-state index in [1.807, 2.05) is 33.8 Å². The summed E-state index contributed by atoms with van der Waals surface area (Å²) in [6.07, 6.45) is 0.375. The molecule has 2 aromatic carbocycles. The predicted molar refractivity (Wildman–Crippen MR) is 99.4 cm³/mol. The van der Waals surface area contributed by atoms with Gasteiger partial charge in [0.2, 0.25) is 0 Å². The van der Waals surface area contributed by atoms with Crippen molar-refractivity contribution in [3.8, 4) is 0 Å². The van der Waals surface area contributed by atoms with Gasteiger partial charge in [-0.05, 0) is 36.8 Å². The van der Waals surface area contributed by atoms with E-state index in [0.717, 1.165) is 5.56 Å². The first-order valence-corrected chi connectivity index (χ1v) is 10.0. The van der Waals surface area contributed by atoms with Gasteiger partial charge in [-0.2, -0.15) is 0 Å². The van der Waals surface area contributed by atoms with Crippen molar-refractivity contribution in [3.63, 3.8) is 0 Å². The fourth-order valence-electron chi connectivity index (χ4n) is 3.68. The standard InChI is InChI=1S/C21H24O3S/c1-15-10-12-17(13-11-15)25(23,24)21(14-18(21)20(2,3)4)19(22)16-8-6-5-7-9-16/h5-13,18H,14H2,1-4H3/t18-,21+/m0/s1. The fraction of sp³-hybridized carbons (Fsp3) is 0.381. The van der Waals surface area contributed by atoms with E-state index in [1.54, 1.807) is 48.5 Å². The number of ketones is 1. The molecule has 0 aromatic heterocycles. The molecule has 0 aliphatic heterocycles. The quantitative estimate of drug-likeness (QED) is 0.760. The second-order valence-electron chi connectivity index (χ2n) is 8.02. The summed E-state index contributed by atoms with van der Waals surface area (Å²) in [7, 11) is -3.77. The average molecular weight is 356 g/mol. The number of Topliss-reactive ketones (excluding diaryl/α,β-unsaturated/α-hetero) is 1. The van der Waals surface area contributed by atoms with Crippen LogP contribution in [0.5, 0.6) is 0 Å². The minimum Gasteiger partial charge on any atom is -0.292 e. The Balaban J connectivity index is 2.14. The van der Waals surface area contributed by atoms with Crippen LogP contribution in [0.4, 0.5) is 0 Å². The Labute approximate surface area is 150 Å². The largest absolute Gasteiger partial charge is 0.292 e. The smallest absolute Gasteiger partial charge is 0.191 e. The van der Waals surface area contributed by atoms with Crippen LogP contribution in [0.1, 0.15) is 43.1 Å². The van der Waals surface area contributed by atoms with Crippen molar-refractivity contribution in [2.75, 3.05) is 0 Å². The van der Waals surface area contributed by atoms with Crippen LogP contribution in [0.25, 0.3) is 0 Å². The van der Waals surface area contributed by atoms with Gasteiger partial charge in [0.15, 0.2) is 15.6 Å². The summed E-state index contributed by atoms with van der Waals surface area (Å²) < 4.78 is 25.6. The van der Waals surface area contributed by atoms with Gasteiger partial charge in [-0.15, -0.1) is 0 Å². The molecule has 3 nitrogen and oxygen atoms in total. The zero-order valence-corrected chi connectivity index (χ0v) is 15.9. The first-order chi connectivity index (χ1) is 11.6. The molecule has 1 fully saturated rings. The van der Waals surface area contributed by atoms with Crippen LogP contribution < -0.4 is 0 Å². The maximum Gasteiger partial charge on any atom is 0.191 e. The molecule has 0 bridgehead atoms. The van der Waals surface area contributed by atoms with Gasteiger partial charge in [-0.25, -0.2) is 8.42 Å². The minimum atomic E-state index is -3.77. The molecule has 4 heteroatoms. The van der Waals surface area contributed by atoms with Crippen molar-refractivity contribution < 1.29 is 13.2 Å².